The second-order valence-electron chi connectivity index (χ2n) is 4.00. The Morgan fingerprint density at radius 2 is 1.73 bits per heavy atom. The zero-order valence-electron chi connectivity index (χ0n) is 7.71. The third kappa shape index (κ3) is 2.32. The van der Waals surface area contributed by atoms with Crippen LogP contribution in [-0.2, 0) is 0 Å². The van der Waals surface area contributed by atoms with E-state index in [-0.39, 0.29) is 0 Å². The van der Waals surface area contributed by atoms with Crippen molar-refractivity contribution in [2.24, 2.45) is 16.8 Å². The maximum atomic E-state index is 4.09. The van der Waals surface area contributed by atoms with Crippen molar-refractivity contribution >= 4 is 6.72 Å². The van der Waals surface area contributed by atoms with Gasteiger partial charge in [0.15, 0.2) is 0 Å². The van der Waals surface area contributed by atoms with Crippen LogP contribution in [0, 0.1) is 11.8 Å². The van der Waals surface area contributed by atoms with Crippen LogP contribution in [0.4, 0.5) is 0 Å². The summed E-state index contributed by atoms with van der Waals surface area (Å²) in [5.41, 5.74) is 0. The van der Waals surface area contributed by atoms with Crippen molar-refractivity contribution in [2.45, 2.75) is 45.6 Å². The van der Waals surface area contributed by atoms with Gasteiger partial charge in [0.1, 0.15) is 0 Å². The third-order valence-corrected chi connectivity index (χ3v) is 2.94. The van der Waals surface area contributed by atoms with Crippen LogP contribution in [0.15, 0.2) is 4.99 Å². The number of hydrogen-bond acceptors (Lipinski definition) is 1. The predicted molar refractivity (Wildman–Crippen MR) is 50.1 cm³/mol. The van der Waals surface area contributed by atoms with Crippen LogP contribution in [0.2, 0.25) is 0 Å². The van der Waals surface area contributed by atoms with Gasteiger partial charge < -0.3 is 0 Å². The summed E-state index contributed by atoms with van der Waals surface area (Å²) >= 11 is 0. The first-order valence-corrected chi connectivity index (χ1v) is 4.70. The minimum absolute atomic E-state index is 0.574. The highest BCUT2D eigenvalue weighted by atomic mass is 14.7. The predicted octanol–water partition coefficient (Wildman–Crippen LogP) is 2.90. The zero-order valence-corrected chi connectivity index (χ0v) is 7.71. The van der Waals surface area contributed by atoms with E-state index in [4.69, 9.17) is 0 Å². The molecule has 0 aromatic rings. The van der Waals surface area contributed by atoms with E-state index in [1.165, 1.54) is 25.7 Å². The van der Waals surface area contributed by atoms with Crippen molar-refractivity contribution in [3.63, 3.8) is 0 Å². The molecule has 0 aromatic carbocycles. The van der Waals surface area contributed by atoms with Crippen LogP contribution >= 0.6 is 0 Å². The summed E-state index contributed by atoms with van der Waals surface area (Å²) in [6.07, 6.45) is 5.27. The third-order valence-electron chi connectivity index (χ3n) is 2.94. The number of aliphatic imine (C=N–C) groups is 1. The van der Waals surface area contributed by atoms with Crippen LogP contribution in [0.5, 0.6) is 0 Å². The SMILES string of the molecule is C=NC1CCC(C(C)C)CC1. The van der Waals surface area contributed by atoms with Crippen molar-refractivity contribution in [1.82, 2.24) is 0 Å². The highest BCUT2D eigenvalue weighted by molar-refractivity contribution is 5.24. The average Bonchev–Trinajstić information content (AvgIpc) is 2.05. The van der Waals surface area contributed by atoms with Crippen LogP contribution in [-0.4, -0.2) is 12.8 Å². The van der Waals surface area contributed by atoms with Gasteiger partial charge in [-0.15, -0.1) is 0 Å². The van der Waals surface area contributed by atoms with Gasteiger partial charge in [-0.2, -0.15) is 0 Å². The molecular formula is C10H19N. The van der Waals surface area contributed by atoms with Crippen LogP contribution in [0.3, 0.4) is 0 Å². The molecule has 0 amide bonds. The minimum atomic E-state index is 0.574. The van der Waals surface area contributed by atoms with Crippen LogP contribution in [0.25, 0.3) is 0 Å². The van der Waals surface area contributed by atoms with Crippen molar-refractivity contribution < 1.29 is 0 Å². The van der Waals surface area contributed by atoms with Crippen molar-refractivity contribution in [3.05, 3.63) is 0 Å². The Labute approximate surface area is 69.9 Å². The lowest BCUT2D eigenvalue weighted by molar-refractivity contribution is 0.261. The van der Waals surface area contributed by atoms with Gasteiger partial charge in [0, 0.05) is 6.04 Å². The summed E-state index contributed by atoms with van der Waals surface area (Å²) in [4.78, 5) is 4.09. The maximum Gasteiger partial charge on any atom is 0.0492 e. The molecule has 1 fully saturated rings. The fraction of sp³-hybridized carbons (Fsp3) is 0.900. The normalized spacial score (nSPS) is 32.3. The topological polar surface area (TPSA) is 12.4 Å². The second kappa shape index (κ2) is 3.89. The van der Waals surface area contributed by atoms with E-state index in [2.05, 4.69) is 25.6 Å². The lowest BCUT2D eigenvalue weighted by Crippen LogP contribution is -2.20. The first kappa shape index (κ1) is 8.76. The van der Waals surface area contributed by atoms with E-state index in [9.17, 15) is 0 Å². The molecule has 0 saturated heterocycles. The van der Waals surface area contributed by atoms with Gasteiger partial charge in [-0.25, -0.2) is 0 Å². The summed E-state index contributed by atoms with van der Waals surface area (Å²) in [6, 6.07) is 0.574. The molecular weight excluding hydrogens is 134 g/mol. The minimum Gasteiger partial charge on any atom is -0.298 e. The van der Waals surface area contributed by atoms with Crippen molar-refractivity contribution in [1.29, 1.82) is 0 Å². The molecule has 0 radical (unpaired) electrons. The molecule has 0 N–H and O–H groups in total. The lowest BCUT2D eigenvalue weighted by Gasteiger charge is -2.28. The molecule has 0 unspecified atom stereocenters. The van der Waals surface area contributed by atoms with E-state index < -0.39 is 0 Å². The van der Waals surface area contributed by atoms with Gasteiger partial charge in [-0.05, 0) is 44.2 Å². The van der Waals surface area contributed by atoms with Crippen molar-refractivity contribution in [2.75, 3.05) is 0 Å². The summed E-state index contributed by atoms with van der Waals surface area (Å²) in [5.74, 6) is 1.81. The first-order valence-electron chi connectivity index (χ1n) is 4.70. The maximum absolute atomic E-state index is 4.09. The van der Waals surface area contributed by atoms with E-state index in [0.29, 0.717) is 6.04 Å². The molecule has 1 heteroatoms. The second-order valence-corrected chi connectivity index (χ2v) is 4.00. The summed E-state index contributed by atoms with van der Waals surface area (Å²) in [5, 5.41) is 0. The Balaban J connectivity index is 2.29. The molecule has 1 aliphatic carbocycles. The molecule has 64 valence electrons. The van der Waals surface area contributed by atoms with Gasteiger partial charge in [0.05, 0.1) is 0 Å². The largest absolute Gasteiger partial charge is 0.298 e. The first-order chi connectivity index (χ1) is 5.24. The summed E-state index contributed by atoms with van der Waals surface area (Å²) in [7, 11) is 0. The van der Waals surface area contributed by atoms with Gasteiger partial charge >= 0.3 is 0 Å². The zero-order chi connectivity index (χ0) is 8.27. The van der Waals surface area contributed by atoms with Gasteiger partial charge in [0.2, 0.25) is 0 Å². The standard InChI is InChI=1S/C10H19N/c1-8(2)9-4-6-10(11-3)7-5-9/h8-10H,3-7H2,1-2H3. The van der Waals surface area contributed by atoms with E-state index in [1.807, 2.05) is 0 Å². The molecule has 0 aromatic heterocycles. The van der Waals surface area contributed by atoms with Gasteiger partial charge in [-0.1, -0.05) is 13.8 Å². The van der Waals surface area contributed by atoms with Gasteiger partial charge in [-0.3, -0.25) is 4.99 Å². The lowest BCUT2D eigenvalue weighted by atomic mass is 9.80. The molecule has 0 spiro atoms. The Hall–Kier alpha value is -0.330. The fourth-order valence-electron chi connectivity index (χ4n) is 1.95. The Morgan fingerprint density at radius 1 is 1.18 bits per heavy atom. The summed E-state index contributed by atoms with van der Waals surface area (Å²) < 4.78 is 0. The van der Waals surface area contributed by atoms with E-state index in [0.717, 1.165) is 11.8 Å². The van der Waals surface area contributed by atoms with Crippen LogP contribution in [0.1, 0.15) is 39.5 Å². The molecule has 1 saturated carbocycles. The average molecular weight is 153 g/mol. The molecule has 0 atom stereocenters. The van der Waals surface area contributed by atoms with E-state index in [1.54, 1.807) is 0 Å². The molecule has 1 aliphatic rings. The van der Waals surface area contributed by atoms with Crippen LogP contribution < -0.4 is 0 Å². The number of hydrogen-bond donors (Lipinski definition) is 0. The van der Waals surface area contributed by atoms with Crippen molar-refractivity contribution in [3.8, 4) is 0 Å². The summed E-state index contributed by atoms with van der Waals surface area (Å²) in [6.45, 7) is 8.26. The molecule has 1 rings (SSSR count). The molecule has 11 heavy (non-hydrogen) atoms. The highest BCUT2D eigenvalue weighted by Crippen LogP contribution is 2.30. The molecule has 1 nitrogen and oxygen atoms in total. The molecule has 0 heterocycles. The van der Waals surface area contributed by atoms with E-state index >= 15 is 0 Å². The quantitative estimate of drug-likeness (QED) is 0.541. The molecule has 0 aliphatic heterocycles. The number of rotatable bonds is 2. The molecule has 0 bridgehead atoms. The fourth-order valence-corrected chi connectivity index (χ4v) is 1.95. The van der Waals surface area contributed by atoms with Gasteiger partial charge in [0.25, 0.3) is 0 Å². The number of nitrogens with zero attached hydrogens (tertiary/aromatic N) is 1. The highest BCUT2D eigenvalue weighted by Gasteiger charge is 2.21. The smallest absolute Gasteiger partial charge is 0.0492 e. The Morgan fingerprint density at radius 3 is 2.09 bits per heavy atom. The Kier molecular flexibility index (Phi) is 3.10. The monoisotopic (exact) mass is 153 g/mol. The Bertz CT molecular complexity index is 121.